The molecule has 0 heterocycles. The van der Waals surface area contributed by atoms with Gasteiger partial charge in [0, 0.05) is 12.0 Å². The van der Waals surface area contributed by atoms with E-state index in [0.29, 0.717) is 6.42 Å². The van der Waals surface area contributed by atoms with Gasteiger partial charge in [-0.25, -0.2) is 0 Å². The molecule has 0 bridgehead atoms. The Labute approximate surface area is 192 Å². The predicted octanol–water partition coefficient (Wildman–Crippen LogP) is 5.91. The van der Waals surface area contributed by atoms with Crippen LogP contribution in [-0.4, -0.2) is 32.5 Å². The van der Waals surface area contributed by atoms with Gasteiger partial charge in [-0.2, -0.15) is 0 Å². The van der Waals surface area contributed by atoms with E-state index in [1.165, 1.54) is 0 Å². The zero-order valence-electron chi connectivity index (χ0n) is 20.7. The molecule has 0 unspecified atom stereocenters. The van der Waals surface area contributed by atoms with E-state index >= 15 is 0 Å². The molecule has 0 saturated heterocycles. The minimum atomic E-state index is -1.34. The number of aliphatic hydroxyl groups excluding tert-OH is 2. The Balaban J connectivity index is 2.66. The van der Waals surface area contributed by atoms with Crippen molar-refractivity contribution in [1.29, 1.82) is 0 Å². The second-order valence-electron chi connectivity index (χ2n) is 10.9. The maximum atomic E-state index is 13.5. The van der Waals surface area contributed by atoms with E-state index in [0.717, 1.165) is 17.6 Å². The first kappa shape index (κ1) is 26.1. The number of carbonyl (C=O) groups is 2. The summed E-state index contributed by atoms with van der Waals surface area (Å²) in [5, 5.41) is 33.5. The van der Waals surface area contributed by atoms with E-state index in [2.05, 4.69) is 6.58 Å². The van der Waals surface area contributed by atoms with E-state index < -0.39 is 28.3 Å². The molecule has 1 saturated carbocycles. The van der Waals surface area contributed by atoms with Gasteiger partial charge in [0.2, 0.25) is 0 Å². The van der Waals surface area contributed by atoms with Crippen molar-refractivity contribution < 1.29 is 24.9 Å². The number of carbonyl (C=O) groups excluding carboxylic acids is 2. The summed E-state index contributed by atoms with van der Waals surface area (Å²) in [5.41, 5.74) is -0.448. The molecule has 0 aromatic carbocycles. The number of rotatable bonds is 8. The quantitative estimate of drug-likeness (QED) is 0.319. The molecule has 0 aromatic heterocycles. The number of allylic oxidation sites excluding steroid dienone is 6. The van der Waals surface area contributed by atoms with Crippen LogP contribution < -0.4 is 0 Å². The molecule has 0 radical (unpaired) electrons. The lowest BCUT2D eigenvalue weighted by molar-refractivity contribution is -0.127. The number of hydrogen-bond acceptors (Lipinski definition) is 5. The van der Waals surface area contributed by atoms with Gasteiger partial charge in [-0.1, -0.05) is 37.6 Å². The van der Waals surface area contributed by atoms with Crippen LogP contribution in [-0.2, 0) is 9.59 Å². The van der Waals surface area contributed by atoms with Gasteiger partial charge in [0.15, 0.2) is 11.6 Å². The van der Waals surface area contributed by atoms with E-state index in [-0.39, 0.29) is 53.9 Å². The highest BCUT2D eigenvalue weighted by Crippen LogP contribution is 2.50. The SMILES string of the molecule is C=C(C)[C@H]1CC[C@](C)(O)[C@@H]1CC1=C(O)[C@](C)(CC=C(C)C)C(=O)C(C(=O)CC(C)C)=C1O. The van der Waals surface area contributed by atoms with Gasteiger partial charge in [0.05, 0.1) is 11.0 Å². The highest BCUT2D eigenvalue weighted by molar-refractivity contribution is 6.24. The summed E-state index contributed by atoms with van der Waals surface area (Å²) in [7, 11) is 0. The van der Waals surface area contributed by atoms with Crippen molar-refractivity contribution >= 4 is 11.6 Å². The fourth-order valence-corrected chi connectivity index (χ4v) is 5.05. The van der Waals surface area contributed by atoms with Gasteiger partial charge in [-0.05, 0) is 78.1 Å². The van der Waals surface area contributed by atoms with Gasteiger partial charge < -0.3 is 15.3 Å². The Kier molecular flexibility index (Phi) is 7.66. The summed E-state index contributed by atoms with van der Waals surface area (Å²) < 4.78 is 0. The lowest BCUT2D eigenvalue weighted by Gasteiger charge is -2.36. The van der Waals surface area contributed by atoms with E-state index in [1.807, 2.05) is 40.7 Å². The van der Waals surface area contributed by atoms with Crippen molar-refractivity contribution in [3.05, 3.63) is 46.5 Å². The molecule has 2 aliphatic carbocycles. The van der Waals surface area contributed by atoms with Crippen molar-refractivity contribution in [1.82, 2.24) is 0 Å². The summed E-state index contributed by atoms with van der Waals surface area (Å²) >= 11 is 0. The Bertz CT molecular complexity index is 895. The van der Waals surface area contributed by atoms with Gasteiger partial charge in [0.1, 0.15) is 17.1 Å². The summed E-state index contributed by atoms with van der Waals surface area (Å²) in [6.45, 7) is 17.0. The molecule has 2 rings (SSSR count). The third-order valence-electron chi connectivity index (χ3n) is 7.15. The smallest absolute Gasteiger partial charge is 0.183 e. The van der Waals surface area contributed by atoms with Crippen molar-refractivity contribution in [3.8, 4) is 0 Å². The predicted molar refractivity (Wildman–Crippen MR) is 127 cm³/mol. The second-order valence-corrected chi connectivity index (χ2v) is 10.9. The molecular formula is C27H40O5. The minimum Gasteiger partial charge on any atom is -0.511 e. The van der Waals surface area contributed by atoms with Crippen molar-refractivity contribution in [3.63, 3.8) is 0 Å². The second kappa shape index (κ2) is 9.38. The summed E-state index contributed by atoms with van der Waals surface area (Å²) in [4.78, 5) is 26.5. The van der Waals surface area contributed by atoms with Crippen LogP contribution in [0.4, 0.5) is 0 Å². The fraction of sp³-hybridized carbons (Fsp3) is 0.630. The molecule has 4 atom stereocenters. The first-order chi connectivity index (χ1) is 14.6. The average molecular weight is 445 g/mol. The number of hydrogen-bond donors (Lipinski definition) is 3. The van der Waals surface area contributed by atoms with Crippen LogP contribution in [0.1, 0.15) is 80.6 Å². The van der Waals surface area contributed by atoms with Crippen LogP contribution in [0.15, 0.2) is 46.5 Å². The van der Waals surface area contributed by atoms with Crippen LogP contribution in [0.25, 0.3) is 0 Å². The van der Waals surface area contributed by atoms with Crippen LogP contribution in [0, 0.1) is 23.2 Å². The normalized spacial score (nSPS) is 30.8. The van der Waals surface area contributed by atoms with Gasteiger partial charge in [0.25, 0.3) is 0 Å². The highest BCUT2D eigenvalue weighted by Gasteiger charge is 2.50. The van der Waals surface area contributed by atoms with Gasteiger partial charge in [-0.15, -0.1) is 0 Å². The van der Waals surface area contributed by atoms with Crippen LogP contribution >= 0.6 is 0 Å². The van der Waals surface area contributed by atoms with E-state index in [4.69, 9.17) is 0 Å². The molecular weight excluding hydrogens is 404 g/mol. The maximum absolute atomic E-state index is 13.5. The number of aliphatic hydroxyl groups is 3. The fourth-order valence-electron chi connectivity index (χ4n) is 5.05. The standard InChI is InChI=1S/C27H40O5/c1-15(2)9-11-26(7)24(30)19(14-20-18(17(5)6)10-12-27(20,8)32)23(29)22(25(26)31)21(28)13-16(3)4/h9,16,18,20,29-30,32H,5,10-14H2,1-4,6-8H3/t18-,20-,26+,27+/m1/s1. The maximum Gasteiger partial charge on any atom is 0.183 e. The largest absolute Gasteiger partial charge is 0.511 e. The van der Waals surface area contributed by atoms with Crippen LogP contribution in [0.2, 0.25) is 0 Å². The van der Waals surface area contributed by atoms with Gasteiger partial charge in [-0.3, -0.25) is 9.59 Å². The summed E-state index contributed by atoms with van der Waals surface area (Å²) in [6.07, 6.45) is 3.73. The molecule has 1 fully saturated rings. The Morgan fingerprint density at radius 3 is 2.31 bits per heavy atom. The Morgan fingerprint density at radius 2 is 1.81 bits per heavy atom. The molecule has 5 heteroatoms. The molecule has 2 aliphatic rings. The topological polar surface area (TPSA) is 94.8 Å². The Hall–Kier alpha value is -2.14. The lowest BCUT2D eigenvalue weighted by Crippen LogP contribution is -2.40. The molecule has 178 valence electrons. The molecule has 32 heavy (non-hydrogen) atoms. The lowest BCUT2D eigenvalue weighted by atomic mass is 9.68. The molecule has 5 nitrogen and oxygen atoms in total. The van der Waals surface area contributed by atoms with E-state index in [1.54, 1.807) is 13.8 Å². The molecule has 0 aliphatic heterocycles. The minimum absolute atomic E-state index is 0.0194. The molecule has 0 amide bonds. The first-order valence-electron chi connectivity index (χ1n) is 11.6. The van der Waals surface area contributed by atoms with Crippen molar-refractivity contribution in [2.75, 3.05) is 0 Å². The van der Waals surface area contributed by atoms with Crippen molar-refractivity contribution in [2.24, 2.45) is 23.2 Å². The molecule has 0 aromatic rings. The monoisotopic (exact) mass is 444 g/mol. The third kappa shape index (κ3) is 4.93. The van der Waals surface area contributed by atoms with Crippen LogP contribution in [0.3, 0.4) is 0 Å². The van der Waals surface area contributed by atoms with Crippen molar-refractivity contribution in [2.45, 2.75) is 86.2 Å². The van der Waals surface area contributed by atoms with E-state index in [9.17, 15) is 24.9 Å². The zero-order valence-corrected chi connectivity index (χ0v) is 20.7. The summed E-state index contributed by atoms with van der Waals surface area (Å²) in [5.74, 6) is -1.85. The summed E-state index contributed by atoms with van der Waals surface area (Å²) in [6, 6.07) is 0. The zero-order chi connectivity index (χ0) is 24.6. The Morgan fingerprint density at radius 1 is 1.22 bits per heavy atom. The molecule has 3 N–H and O–H groups in total. The van der Waals surface area contributed by atoms with Gasteiger partial charge >= 0.3 is 0 Å². The average Bonchev–Trinajstić information content (AvgIpc) is 2.96. The first-order valence-corrected chi connectivity index (χ1v) is 11.6. The third-order valence-corrected chi connectivity index (χ3v) is 7.15. The number of ketones is 2. The molecule has 0 spiro atoms. The number of Topliss-reactive ketones (excluding diaryl/α,β-unsaturated/α-hetero) is 2. The van der Waals surface area contributed by atoms with Crippen LogP contribution in [0.5, 0.6) is 0 Å². The highest BCUT2D eigenvalue weighted by atomic mass is 16.3.